The first-order chi connectivity index (χ1) is 8.36. The summed E-state index contributed by atoms with van der Waals surface area (Å²) in [5, 5.41) is 5.51. The van der Waals surface area contributed by atoms with Crippen LogP contribution in [-0.2, 0) is 0 Å². The van der Waals surface area contributed by atoms with Gasteiger partial charge in [-0.05, 0) is 12.6 Å². The monoisotopic (exact) mass is 248 g/mol. The molecule has 0 fully saturated rings. The zero-order valence-electron chi connectivity index (χ0n) is 10.0. The van der Waals surface area contributed by atoms with Gasteiger partial charge in [0.25, 0.3) is 0 Å². The average Bonchev–Trinajstić information content (AvgIpc) is 2.89. The lowest BCUT2D eigenvalue weighted by Crippen LogP contribution is -2.22. The highest BCUT2D eigenvalue weighted by Crippen LogP contribution is 2.29. The largest absolute Gasteiger partial charge is 0.496 e. The summed E-state index contributed by atoms with van der Waals surface area (Å²) in [6.07, 6.45) is 0. The highest BCUT2D eigenvalue weighted by Gasteiger charge is 2.18. The van der Waals surface area contributed by atoms with Crippen molar-refractivity contribution >= 4 is 11.3 Å². The molecule has 1 aromatic heterocycles. The van der Waals surface area contributed by atoms with Crippen LogP contribution in [0.3, 0.4) is 0 Å². The van der Waals surface area contributed by atoms with E-state index in [-0.39, 0.29) is 6.04 Å². The molecular weight excluding hydrogens is 232 g/mol. The minimum Gasteiger partial charge on any atom is -0.496 e. The van der Waals surface area contributed by atoms with E-state index in [9.17, 15) is 0 Å². The number of hydrogen-bond acceptors (Lipinski definition) is 4. The van der Waals surface area contributed by atoms with Crippen molar-refractivity contribution < 1.29 is 4.74 Å². The first-order valence-electron chi connectivity index (χ1n) is 5.61. The first-order valence-corrected chi connectivity index (χ1v) is 6.55. The number of benzene rings is 1. The molecule has 0 amide bonds. The number of thiazole rings is 1. The van der Waals surface area contributed by atoms with Crippen molar-refractivity contribution in [3.63, 3.8) is 0 Å². The third kappa shape index (κ3) is 2.65. The fourth-order valence-electron chi connectivity index (χ4n) is 1.85. The quantitative estimate of drug-likeness (QED) is 0.883. The van der Waals surface area contributed by atoms with Gasteiger partial charge in [-0.3, -0.25) is 0 Å². The van der Waals surface area contributed by atoms with Crippen LogP contribution < -0.4 is 10.1 Å². The Morgan fingerprint density at radius 2 is 2.24 bits per heavy atom. The Labute approximate surface area is 105 Å². The summed E-state index contributed by atoms with van der Waals surface area (Å²) in [6.45, 7) is 2.98. The molecule has 1 heterocycles. The number of aromatic nitrogens is 1. The predicted molar refractivity (Wildman–Crippen MR) is 70.6 cm³/mol. The van der Waals surface area contributed by atoms with E-state index >= 15 is 0 Å². The molecule has 2 aromatic rings. The highest BCUT2D eigenvalue weighted by molar-refractivity contribution is 7.07. The van der Waals surface area contributed by atoms with E-state index in [1.807, 2.05) is 23.7 Å². The van der Waals surface area contributed by atoms with Gasteiger partial charge < -0.3 is 10.1 Å². The fraction of sp³-hybridized carbons (Fsp3) is 0.308. The molecule has 2 rings (SSSR count). The Morgan fingerprint density at radius 1 is 1.41 bits per heavy atom. The van der Waals surface area contributed by atoms with Gasteiger partial charge in [0.15, 0.2) is 0 Å². The second-order valence-electron chi connectivity index (χ2n) is 3.65. The summed E-state index contributed by atoms with van der Waals surface area (Å²) in [5.41, 5.74) is 4.03. The topological polar surface area (TPSA) is 34.2 Å². The molecule has 1 aromatic carbocycles. The van der Waals surface area contributed by atoms with Gasteiger partial charge in [0.1, 0.15) is 5.75 Å². The van der Waals surface area contributed by atoms with Gasteiger partial charge in [-0.25, -0.2) is 4.98 Å². The summed E-state index contributed by atoms with van der Waals surface area (Å²) in [7, 11) is 1.70. The van der Waals surface area contributed by atoms with Gasteiger partial charge >= 0.3 is 0 Å². The van der Waals surface area contributed by atoms with Crippen molar-refractivity contribution in [1.82, 2.24) is 10.3 Å². The van der Waals surface area contributed by atoms with Crippen LogP contribution in [0.4, 0.5) is 0 Å². The Kier molecular flexibility index (Phi) is 4.12. The summed E-state index contributed by atoms with van der Waals surface area (Å²) < 4.78 is 5.41. The summed E-state index contributed by atoms with van der Waals surface area (Å²) in [5.74, 6) is 0.895. The third-order valence-electron chi connectivity index (χ3n) is 2.61. The Morgan fingerprint density at radius 3 is 2.88 bits per heavy atom. The fourth-order valence-corrected chi connectivity index (χ4v) is 2.43. The van der Waals surface area contributed by atoms with Crippen LogP contribution in [0, 0.1) is 0 Å². The van der Waals surface area contributed by atoms with E-state index in [1.165, 1.54) is 0 Å². The van der Waals surface area contributed by atoms with E-state index in [0.29, 0.717) is 0 Å². The maximum atomic E-state index is 5.41. The Balaban J connectivity index is 2.39. The highest BCUT2D eigenvalue weighted by atomic mass is 32.1. The van der Waals surface area contributed by atoms with E-state index < -0.39 is 0 Å². The van der Waals surface area contributed by atoms with Crippen LogP contribution in [0.2, 0.25) is 0 Å². The molecule has 0 aliphatic carbocycles. The normalized spacial score (nSPS) is 12.4. The zero-order valence-corrected chi connectivity index (χ0v) is 10.8. The van der Waals surface area contributed by atoms with Crippen molar-refractivity contribution in [2.45, 2.75) is 13.0 Å². The van der Waals surface area contributed by atoms with Gasteiger partial charge in [-0.15, -0.1) is 11.3 Å². The molecule has 0 saturated heterocycles. The molecular formula is C13H16N2OS. The van der Waals surface area contributed by atoms with E-state index in [0.717, 1.165) is 23.6 Å². The predicted octanol–water partition coefficient (Wildman–Crippen LogP) is 2.85. The smallest absolute Gasteiger partial charge is 0.124 e. The Hall–Kier alpha value is -1.39. The minimum atomic E-state index is 0.0994. The van der Waals surface area contributed by atoms with Crippen molar-refractivity contribution in [1.29, 1.82) is 0 Å². The lowest BCUT2D eigenvalue weighted by Gasteiger charge is -2.18. The number of nitrogens with zero attached hydrogens (tertiary/aromatic N) is 1. The summed E-state index contributed by atoms with van der Waals surface area (Å²) in [4.78, 5) is 4.39. The molecule has 0 saturated carbocycles. The molecule has 17 heavy (non-hydrogen) atoms. The van der Waals surface area contributed by atoms with Crippen molar-refractivity contribution in [3.8, 4) is 5.75 Å². The molecule has 1 atom stereocenters. The van der Waals surface area contributed by atoms with E-state index in [2.05, 4.69) is 28.7 Å². The number of ether oxygens (including phenoxy) is 1. The zero-order chi connectivity index (χ0) is 12.1. The van der Waals surface area contributed by atoms with Gasteiger partial charge in [-0.1, -0.05) is 25.1 Å². The van der Waals surface area contributed by atoms with Crippen molar-refractivity contribution in [2.24, 2.45) is 0 Å². The van der Waals surface area contributed by atoms with Crippen LogP contribution in [0.5, 0.6) is 5.75 Å². The molecule has 0 aliphatic rings. The SMILES string of the molecule is CCNC(c1cscn1)c1ccccc1OC. The molecule has 1 N–H and O–H groups in total. The minimum absolute atomic E-state index is 0.0994. The van der Waals surface area contributed by atoms with Gasteiger partial charge in [0, 0.05) is 10.9 Å². The van der Waals surface area contributed by atoms with Crippen LogP contribution in [-0.4, -0.2) is 18.6 Å². The standard InChI is InChI=1S/C13H16N2OS/c1-3-14-13(11-8-17-9-15-11)10-6-4-5-7-12(10)16-2/h4-9,13-14H,3H2,1-2H3. The van der Waals surface area contributed by atoms with Gasteiger partial charge in [0.2, 0.25) is 0 Å². The summed E-state index contributed by atoms with van der Waals surface area (Å²) >= 11 is 1.61. The number of hydrogen-bond donors (Lipinski definition) is 1. The number of para-hydroxylation sites is 1. The molecule has 0 radical (unpaired) electrons. The molecule has 0 bridgehead atoms. The second kappa shape index (κ2) is 5.80. The van der Waals surface area contributed by atoms with Crippen LogP contribution in [0.25, 0.3) is 0 Å². The number of rotatable bonds is 5. The second-order valence-corrected chi connectivity index (χ2v) is 4.36. The first kappa shape index (κ1) is 12.1. The van der Waals surface area contributed by atoms with E-state index in [1.54, 1.807) is 18.4 Å². The molecule has 3 nitrogen and oxygen atoms in total. The van der Waals surface area contributed by atoms with Crippen LogP contribution in [0.1, 0.15) is 24.2 Å². The number of methoxy groups -OCH3 is 1. The van der Waals surface area contributed by atoms with E-state index in [4.69, 9.17) is 4.74 Å². The molecule has 4 heteroatoms. The maximum Gasteiger partial charge on any atom is 0.124 e. The molecule has 90 valence electrons. The molecule has 1 unspecified atom stereocenters. The van der Waals surface area contributed by atoms with Gasteiger partial charge in [0.05, 0.1) is 24.4 Å². The van der Waals surface area contributed by atoms with Crippen LogP contribution >= 0.6 is 11.3 Å². The van der Waals surface area contributed by atoms with Gasteiger partial charge in [-0.2, -0.15) is 0 Å². The lowest BCUT2D eigenvalue weighted by atomic mass is 10.0. The Bertz CT molecular complexity index is 456. The maximum absolute atomic E-state index is 5.41. The molecule has 0 spiro atoms. The van der Waals surface area contributed by atoms with Crippen molar-refractivity contribution in [2.75, 3.05) is 13.7 Å². The molecule has 0 aliphatic heterocycles. The lowest BCUT2D eigenvalue weighted by molar-refractivity contribution is 0.404. The third-order valence-corrected chi connectivity index (χ3v) is 3.21. The van der Waals surface area contributed by atoms with Crippen LogP contribution in [0.15, 0.2) is 35.2 Å². The average molecular weight is 248 g/mol. The van der Waals surface area contributed by atoms with Crippen molar-refractivity contribution in [3.05, 3.63) is 46.4 Å². The number of nitrogens with one attached hydrogen (secondary N) is 1. The summed E-state index contributed by atoms with van der Waals surface area (Å²) in [6, 6.07) is 8.15.